The van der Waals surface area contributed by atoms with Gasteiger partial charge in [0, 0.05) is 28.6 Å². The van der Waals surface area contributed by atoms with Crippen molar-refractivity contribution >= 4 is 28.5 Å². The molecule has 2 aliphatic rings. The summed E-state index contributed by atoms with van der Waals surface area (Å²) in [4.78, 5) is 12.7. The summed E-state index contributed by atoms with van der Waals surface area (Å²) >= 11 is 2.29. The van der Waals surface area contributed by atoms with Crippen LogP contribution >= 0.6 is 22.6 Å². The minimum atomic E-state index is -0.442. The molecule has 1 aromatic rings. The van der Waals surface area contributed by atoms with Gasteiger partial charge in [0.2, 0.25) is 6.29 Å². The molecule has 1 amide bonds. The van der Waals surface area contributed by atoms with Crippen LogP contribution in [0.4, 0.5) is 0 Å². The predicted octanol–water partition coefficient (Wildman–Crippen LogP) is 3.85. The van der Waals surface area contributed by atoms with Crippen LogP contribution < -0.4 is 5.32 Å². The van der Waals surface area contributed by atoms with Crippen LogP contribution in [-0.2, 0) is 14.3 Å². The maximum absolute atomic E-state index is 12.7. The number of aliphatic hydroxyl groups is 1. The third kappa shape index (κ3) is 6.19. The third-order valence-corrected chi connectivity index (χ3v) is 5.85. The number of unbranched alkanes of at least 4 members (excludes halogenated alkanes) is 1. The number of hydrogen-bond donors (Lipinski definition) is 2. The van der Waals surface area contributed by atoms with E-state index < -0.39 is 6.29 Å². The van der Waals surface area contributed by atoms with Crippen LogP contribution in [0.3, 0.4) is 0 Å². The first-order valence-corrected chi connectivity index (χ1v) is 10.9. The number of rotatable bonds is 8. The van der Waals surface area contributed by atoms with Crippen LogP contribution in [0.2, 0.25) is 0 Å². The second-order valence-electron chi connectivity index (χ2n) is 7.23. The maximum Gasteiger partial charge on any atom is 0.286 e. The van der Waals surface area contributed by atoms with Gasteiger partial charge in [0.25, 0.3) is 5.91 Å². The largest absolute Gasteiger partial charge is 0.459 e. The maximum atomic E-state index is 12.7. The zero-order valence-corrected chi connectivity index (χ0v) is 17.7. The van der Waals surface area contributed by atoms with Crippen molar-refractivity contribution in [3.05, 3.63) is 45.2 Å². The van der Waals surface area contributed by atoms with E-state index in [1.54, 1.807) is 0 Å². The van der Waals surface area contributed by atoms with Gasteiger partial charge in [-0.3, -0.25) is 4.79 Å². The topological polar surface area (TPSA) is 67.8 Å². The monoisotopic (exact) mass is 485 g/mol. The van der Waals surface area contributed by atoms with E-state index >= 15 is 0 Å². The summed E-state index contributed by atoms with van der Waals surface area (Å²) in [5, 5.41) is 12.0. The predicted molar refractivity (Wildman–Crippen MR) is 112 cm³/mol. The lowest BCUT2D eigenvalue weighted by Crippen LogP contribution is -2.37. The Hall–Kier alpha value is -1.12. The van der Waals surface area contributed by atoms with E-state index in [0.717, 1.165) is 24.8 Å². The summed E-state index contributed by atoms with van der Waals surface area (Å²) in [7, 11) is 0. The minimum absolute atomic E-state index is 0.0860. The molecule has 1 aliphatic heterocycles. The van der Waals surface area contributed by atoms with E-state index in [0.29, 0.717) is 25.2 Å². The van der Waals surface area contributed by atoms with E-state index in [-0.39, 0.29) is 24.5 Å². The second-order valence-corrected chi connectivity index (χ2v) is 8.47. The Bertz CT molecular complexity index is 640. The van der Waals surface area contributed by atoms with Gasteiger partial charge < -0.3 is 19.9 Å². The van der Waals surface area contributed by atoms with Gasteiger partial charge in [-0.1, -0.05) is 25.0 Å². The van der Waals surface area contributed by atoms with Crippen LogP contribution in [0, 0.1) is 3.57 Å². The number of hydrogen-bond acceptors (Lipinski definition) is 4. The first kappa shape index (κ1) is 20.6. The van der Waals surface area contributed by atoms with Crippen LogP contribution in [-0.4, -0.2) is 36.6 Å². The summed E-state index contributed by atoms with van der Waals surface area (Å²) in [5.41, 5.74) is 1.16. The molecule has 0 aromatic heterocycles. The summed E-state index contributed by atoms with van der Waals surface area (Å²) in [6, 6.07) is 8.61. The summed E-state index contributed by atoms with van der Waals surface area (Å²) in [5.74, 6) is 0.313. The molecule has 1 fully saturated rings. The molecular weight excluding hydrogens is 457 g/mol. The number of carbonyl (C=O) groups is 1. The number of carbonyl (C=O) groups excluding carboxylic acids is 1. The van der Waals surface area contributed by atoms with Gasteiger partial charge in [-0.15, -0.1) is 0 Å². The lowest BCUT2D eigenvalue weighted by molar-refractivity contribution is -0.146. The highest BCUT2D eigenvalue weighted by atomic mass is 127. The van der Waals surface area contributed by atoms with Crippen LogP contribution in [0.5, 0.6) is 0 Å². The van der Waals surface area contributed by atoms with E-state index in [9.17, 15) is 4.79 Å². The standard InChI is InChI=1S/C21H28INO4/c22-17-9-7-15(8-10-17)16-13-19(21(25)23-18-5-1-2-6-18)27-20(14-16)26-12-4-3-11-24/h7-10,13,16,18,20,24H,1-6,11-12,14H2,(H,23,25)/t16-,20+/m1/s1. The van der Waals surface area contributed by atoms with Gasteiger partial charge in [0.1, 0.15) is 0 Å². The highest BCUT2D eigenvalue weighted by Crippen LogP contribution is 2.32. The fourth-order valence-electron chi connectivity index (χ4n) is 3.62. The second kappa shape index (κ2) is 10.4. The van der Waals surface area contributed by atoms with Crippen molar-refractivity contribution in [2.24, 2.45) is 0 Å². The molecule has 0 bridgehead atoms. The van der Waals surface area contributed by atoms with Gasteiger partial charge in [-0.25, -0.2) is 0 Å². The minimum Gasteiger partial charge on any atom is -0.459 e. The van der Waals surface area contributed by atoms with Crippen LogP contribution in [0.15, 0.2) is 36.1 Å². The molecule has 0 saturated heterocycles. The van der Waals surface area contributed by atoms with Crippen molar-refractivity contribution < 1.29 is 19.4 Å². The van der Waals surface area contributed by atoms with Gasteiger partial charge in [-0.05, 0) is 72.0 Å². The fourth-order valence-corrected chi connectivity index (χ4v) is 3.98. The molecular formula is C21H28INO4. The highest BCUT2D eigenvalue weighted by Gasteiger charge is 2.30. The summed E-state index contributed by atoms with van der Waals surface area (Å²) in [6.45, 7) is 0.678. The molecule has 1 saturated carbocycles. The number of aliphatic hydroxyl groups excluding tert-OH is 1. The smallest absolute Gasteiger partial charge is 0.286 e. The normalized spacial score (nSPS) is 23.0. The molecule has 1 heterocycles. The zero-order valence-electron chi connectivity index (χ0n) is 15.5. The first-order valence-electron chi connectivity index (χ1n) is 9.83. The van der Waals surface area contributed by atoms with Gasteiger partial charge in [-0.2, -0.15) is 0 Å². The zero-order chi connectivity index (χ0) is 19.1. The highest BCUT2D eigenvalue weighted by molar-refractivity contribution is 14.1. The van der Waals surface area contributed by atoms with E-state index in [1.807, 2.05) is 6.08 Å². The van der Waals surface area contributed by atoms with Crippen molar-refractivity contribution in [3.63, 3.8) is 0 Å². The molecule has 1 aromatic carbocycles. The fraction of sp³-hybridized carbons (Fsp3) is 0.571. The number of ether oxygens (including phenoxy) is 2. The molecule has 2 atom stereocenters. The number of allylic oxidation sites excluding steroid dienone is 1. The number of amides is 1. The number of halogens is 1. The molecule has 1 aliphatic carbocycles. The van der Waals surface area contributed by atoms with Gasteiger partial charge in [0.15, 0.2) is 5.76 Å². The third-order valence-electron chi connectivity index (χ3n) is 5.13. The first-order chi connectivity index (χ1) is 13.2. The molecule has 5 nitrogen and oxygen atoms in total. The average Bonchev–Trinajstić information content (AvgIpc) is 3.18. The Morgan fingerprint density at radius 1 is 1.22 bits per heavy atom. The molecule has 148 valence electrons. The molecule has 0 radical (unpaired) electrons. The lowest BCUT2D eigenvalue weighted by Gasteiger charge is -2.30. The molecule has 3 rings (SSSR count). The molecule has 6 heteroatoms. The van der Waals surface area contributed by atoms with Gasteiger partial charge in [0.05, 0.1) is 6.61 Å². The summed E-state index contributed by atoms with van der Waals surface area (Å²) in [6.07, 6.45) is 8.08. The van der Waals surface area contributed by atoms with Crippen molar-refractivity contribution in [1.29, 1.82) is 0 Å². The van der Waals surface area contributed by atoms with Crippen molar-refractivity contribution in [3.8, 4) is 0 Å². The number of nitrogens with one attached hydrogen (secondary N) is 1. The lowest BCUT2D eigenvalue weighted by atomic mass is 9.93. The molecule has 2 N–H and O–H groups in total. The van der Waals surface area contributed by atoms with Crippen molar-refractivity contribution in [2.45, 2.75) is 63.2 Å². The Morgan fingerprint density at radius 2 is 1.96 bits per heavy atom. The quantitative estimate of drug-likeness (QED) is 0.434. The Labute approximate surface area is 174 Å². The summed E-state index contributed by atoms with van der Waals surface area (Å²) < 4.78 is 12.9. The van der Waals surface area contributed by atoms with Crippen molar-refractivity contribution in [2.75, 3.05) is 13.2 Å². The average molecular weight is 485 g/mol. The Morgan fingerprint density at radius 3 is 2.67 bits per heavy atom. The molecule has 27 heavy (non-hydrogen) atoms. The molecule has 0 spiro atoms. The Balaban J connectivity index is 1.69. The SMILES string of the molecule is O=C(NC1CCCC1)C1=C[C@@H](c2ccc(I)cc2)C[C@@H](OCCCCO)O1. The van der Waals surface area contributed by atoms with Crippen LogP contribution in [0.25, 0.3) is 0 Å². The number of benzene rings is 1. The van der Waals surface area contributed by atoms with E-state index in [1.165, 1.54) is 16.4 Å². The van der Waals surface area contributed by atoms with Crippen molar-refractivity contribution in [1.82, 2.24) is 5.32 Å². The molecule has 0 unspecified atom stereocenters. The van der Waals surface area contributed by atoms with E-state index in [2.05, 4.69) is 52.2 Å². The van der Waals surface area contributed by atoms with Gasteiger partial charge >= 0.3 is 0 Å². The van der Waals surface area contributed by atoms with Crippen LogP contribution in [0.1, 0.15) is 56.4 Å². The van der Waals surface area contributed by atoms with E-state index in [4.69, 9.17) is 14.6 Å². The Kier molecular flexibility index (Phi) is 7.96.